The largest absolute Gasteiger partial charge is 0.466 e. The first kappa shape index (κ1) is 19.0. The number of piperidine rings is 2. The van der Waals surface area contributed by atoms with Crippen LogP contribution in [0.3, 0.4) is 0 Å². The van der Waals surface area contributed by atoms with Crippen LogP contribution in [0.25, 0.3) is 0 Å². The Labute approximate surface area is 145 Å². The Bertz CT molecular complexity index is 439. The zero-order chi connectivity index (χ0) is 17.7. The van der Waals surface area contributed by atoms with Crippen LogP contribution in [-0.2, 0) is 14.3 Å². The van der Waals surface area contributed by atoms with E-state index in [2.05, 4.69) is 4.90 Å². The smallest absolute Gasteiger partial charge is 0.410 e. The van der Waals surface area contributed by atoms with Gasteiger partial charge in [-0.1, -0.05) is 0 Å². The van der Waals surface area contributed by atoms with E-state index in [4.69, 9.17) is 9.47 Å². The van der Waals surface area contributed by atoms with Gasteiger partial charge < -0.3 is 14.4 Å². The van der Waals surface area contributed by atoms with Gasteiger partial charge in [0.15, 0.2) is 0 Å². The quantitative estimate of drug-likeness (QED) is 0.739. The molecule has 0 N–H and O–H groups in total. The lowest BCUT2D eigenvalue weighted by Gasteiger charge is -2.41. The third kappa shape index (κ3) is 5.36. The maximum atomic E-state index is 12.1. The van der Waals surface area contributed by atoms with Crippen LogP contribution in [0.15, 0.2) is 0 Å². The van der Waals surface area contributed by atoms with Crippen LogP contribution in [0.5, 0.6) is 0 Å². The molecule has 0 aromatic carbocycles. The molecule has 24 heavy (non-hydrogen) atoms. The molecular weight excluding hydrogens is 308 g/mol. The fourth-order valence-electron chi connectivity index (χ4n) is 3.53. The van der Waals surface area contributed by atoms with Crippen molar-refractivity contribution in [1.29, 1.82) is 0 Å². The van der Waals surface area contributed by atoms with E-state index >= 15 is 0 Å². The Balaban J connectivity index is 1.81. The zero-order valence-electron chi connectivity index (χ0n) is 15.5. The van der Waals surface area contributed by atoms with Crippen LogP contribution in [0.1, 0.15) is 53.4 Å². The number of likely N-dealkylation sites (tertiary alicyclic amines) is 2. The molecule has 0 unspecified atom stereocenters. The van der Waals surface area contributed by atoms with Crippen LogP contribution in [0.2, 0.25) is 0 Å². The van der Waals surface area contributed by atoms with E-state index < -0.39 is 5.60 Å². The Morgan fingerprint density at radius 1 is 1.08 bits per heavy atom. The molecule has 2 aliphatic rings. The number of rotatable bonds is 3. The number of nitrogens with zero attached hydrogens (tertiary/aromatic N) is 2. The first-order valence-electron chi connectivity index (χ1n) is 9.18. The molecule has 0 saturated carbocycles. The standard InChI is InChI=1S/C18H32N2O4/c1-5-23-16(21)14-7-6-10-20(13-14)15-8-11-19(12-9-15)17(22)24-18(2,3)4/h14-15H,5-13H2,1-4H3/t14-/m0/s1. The van der Waals surface area contributed by atoms with Gasteiger partial charge in [0.25, 0.3) is 0 Å². The van der Waals surface area contributed by atoms with E-state index in [0.29, 0.717) is 12.6 Å². The van der Waals surface area contributed by atoms with E-state index in [1.54, 1.807) is 4.90 Å². The highest BCUT2D eigenvalue weighted by Gasteiger charge is 2.33. The molecule has 0 radical (unpaired) electrons. The highest BCUT2D eigenvalue weighted by atomic mass is 16.6. The summed E-state index contributed by atoms with van der Waals surface area (Å²) in [4.78, 5) is 28.3. The minimum atomic E-state index is -0.451. The maximum Gasteiger partial charge on any atom is 0.410 e. The molecule has 2 aliphatic heterocycles. The number of ether oxygens (including phenoxy) is 2. The molecular formula is C18H32N2O4. The second-order valence-electron chi connectivity index (χ2n) is 7.78. The molecule has 6 heteroatoms. The second kappa shape index (κ2) is 8.19. The summed E-state index contributed by atoms with van der Waals surface area (Å²) in [5, 5.41) is 0. The number of carbonyl (C=O) groups is 2. The van der Waals surface area contributed by atoms with Gasteiger partial charge in [-0.05, 0) is 59.9 Å². The number of hydrogen-bond donors (Lipinski definition) is 0. The molecule has 0 aromatic heterocycles. The summed E-state index contributed by atoms with van der Waals surface area (Å²) in [7, 11) is 0. The number of carbonyl (C=O) groups excluding carboxylic acids is 2. The first-order chi connectivity index (χ1) is 11.3. The molecule has 2 fully saturated rings. The minimum absolute atomic E-state index is 0.00239. The lowest BCUT2D eigenvalue weighted by molar-refractivity contribution is -0.150. The molecule has 0 aromatic rings. The summed E-state index contributed by atoms with van der Waals surface area (Å²) < 4.78 is 10.6. The maximum absolute atomic E-state index is 12.1. The van der Waals surface area contributed by atoms with Crippen molar-refractivity contribution in [3.8, 4) is 0 Å². The van der Waals surface area contributed by atoms with Crippen LogP contribution >= 0.6 is 0 Å². The average molecular weight is 340 g/mol. The van der Waals surface area contributed by atoms with E-state index in [0.717, 1.165) is 51.9 Å². The normalized spacial score (nSPS) is 23.8. The van der Waals surface area contributed by atoms with Crippen molar-refractivity contribution in [2.75, 3.05) is 32.8 Å². The van der Waals surface area contributed by atoms with Crippen molar-refractivity contribution >= 4 is 12.1 Å². The summed E-state index contributed by atoms with van der Waals surface area (Å²) in [6.07, 6.45) is 3.62. The van der Waals surface area contributed by atoms with Crippen LogP contribution in [0, 0.1) is 5.92 Å². The van der Waals surface area contributed by atoms with Gasteiger partial charge in [0.05, 0.1) is 12.5 Å². The van der Waals surface area contributed by atoms with Gasteiger partial charge in [-0.3, -0.25) is 9.69 Å². The SMILES string of the molecule is CCOC(=O)[C@H]1CCCN(C2CCN(C(=O)OC(C)(C)C)CC2)C1. The Morgan fingerprint density at radius 3 is 2.33 bits per heavy atom. The minimum Gasteiger partial charge on any atom is -0.466 e. The fraction of sp³-hybridized carbons (Fsp3) is 0.889. The monoisotopic (exact) mass is 340 g/mol. The molecule has 0 aliphatic carbocycles. The summed E-state index contributed by atoms with van der Waals surface area (Å²) in [5.74, 6) is -0.0593. The van der Waals surface area contributed by atoms with Gasteiger partial charge in [-0.25, -0.2) is 4.79 Å². The molecule has 1 atom stereocenters. The average Bonchev–Trinajstić information content (AvgIpc) is 2.54. The van der Waals surface area contributed by atoms with Crippen molar-refractivity contribution in [2.24, 2.45) is 5.92 Å². The topological polar surface area (TPSA) is 59.1 Å². The van der Waals surface area contributed by atoms with Crippen molar-refractivity contribution in [2.45, 2.75) is 65.0 Å². The Morgan fingerprint density at radius 2 is 1.75 bits per heavy atom. The Kier molecular flexibility index (Phi) is 6.49. The van der Waals surface area contributed by atoms with Crippen molar-refractivity contribution in [3.05, 3.63) is 0 Å². The highest BCUT2D eigenvalue weighted by molar-refractivity contribution is 5.72. The van der Waals surface area contributed by atoms with E-state index in [-0.39, 0.29) is 18.0 Å². The van der Waals surface area contributed by atoms with Crippen LogP contribution < -0.4 is 0 Å². The molecule has 6 nitrogen and oxygen atoms in total. The summed E-state index contributed by atoms with van der Waals surface area (Å²) in [5.41, 5.74) is -0.451. The summed E-state index contributed by atoms with van der Waals surface area (Å²) >= 11 is 0. The number of esters is 1. The molecule has 138 valence electrons. The van der Waals surface area contributed by atoms with Crippen molar-refractivity contribution in [1.82, 2.24) is 9.80 Å². The lowest BCUT2D eigenvalue weighted by Crippen LogP contribution is -2.51. The van der Waals surface area contributed by atoms with Crippen molar-refractivity contribution < 1.29 is 19.1 Å². The number of amides is 1. The first-order valence-corrected chi connectivity index (χ1v) is 9.18. The molecule has 2 heterocycles. The van der Waals surface area contributed by atoms with Gasteiger partial charge in [0.1, 0.15) is 5.60 Å². The lowest BCUT2D eigenvalue weighted by atomic mass is 9.94. The van der Waals surface area contributed by atoms with Gasteiger partial charge in [0, 0.05) is 25.7 Å². The predicted octanol–water partition coefficient (Wildman–Crippen LogP) is 2.66. The van der Waals surface area contributed by atoms with Crippen LogP contribution in [0.4, 0.5) is 4.79 Å². The third-order valence-corrected chi connectivity index (χ3v) is 4.71. The Hall–Kier alpha value is -1.30. The van der Waals surface area contributed by atoms with Gasteiger partial charge >= 0.3 is 12.1 Å². The molecule has 1 amide bonds. The molecule has 0 bridgehead atoms. The van der Waals surface area contributed by atoms with E-state index in [1.165, 1.54) is 0 Å². The second-order valence-corrected chi connectivity index (χ2v) is 7.78. The van der Waals surface area contributed by atoms with Gasteiger partial charge in [0.2, 0.25) is 0 Å². The van der Waals surface area contributed by atoms with Gasteiger partial charge in [-0.2, -0.15) is 0 Å². The highest BCUT2D eigenvalue weighted by Crippen LogP contribution is 2.25. The molecule has 0 spiro atoms. The molecule has 2 saturated heterocycles. The van der Waals surface area contributed by atoms with Gasteiger partial charge in [-0.15, -0.1) is 0 Å². The summed E-state index contributed by atoms with van der Waals surface area (Å²) in [6, 6.07) is 0.445. The number of hydrogen-bond acceptors (Lipinski definition) is 5. The van der Waals surface area contributed by atoms with Crippen LogP contribution in [-0.4, -0.2) is 66.3 Å². The fourth-order valence-corrected chi connectivity index (χ4v) is 3.53. The predicted molar refractivity (Wildman–Crippen MR) is 91.8 cm³/mol. The van der Waals surface area contributed by atoms with E-state index in [1.807, 2.05) is 27.7 Å². The van der Waals surface area contributed by atoms with Crippen molar-refractivity contribution in [3.63, 3.8) is 0 Å². The summed E-state index contributed by atoms with van der Waals surface area (Å²) in [6.45, 7) is 11.2. The van der Waals surface area contributed by atoms with E-state index in [9.17, 15) is 9.59 Å². The third-order valence-electron chi connectivity index (χ3n) is 4.71. The molecule has 2 rings (SSSR count). The zero-order valence-corrected chi connectivity index (χ0v) is 15.5.